The Hall–Kier alpha value is -10.2. The largest absolute Gasteiger partial charge is 0.456 e. The molecule has 11 aromatic carbocycles. The van der Waals surface area contributed by atoms with Crippen LogP contribution in [0.1, 0.15) is 0 Å². The molecule has 0 spiro atoms. The van der Waals surface area contributed by atoms with E-state index >= 15 is 0 Å². The third kappa shape index (κ3) is 6.40. The highest BCUT2D eigenvalue weighted by molar-refractivity contribution is 7.26. The van der Waals surface area contributed by atoms with Crippen molar-refractivity contribution in [3.8, 4) is 62.1 Å². The number of rotatable bonds is 6. The van der Waals surface area contributed by atoms with E-state index in [2.05, 4.69) is 199 Å². The fourth-order valence-corrected chi connectivity index (χ4v) is 13.2. The lowest BCUT2D eigenvalue weighted by Crippen LogP contribution is -2.00. The average molecular weight is 1000 g/mol. The highest BCUT2D eigenvalue weighted by Crippen LogP contribution is 2.45. The number of hydrogen-bond donors (Lipinski definition) is 0. The van der Waals surface area contributed by atoms with Crippen LogP contribution in [0.2, 0.25) is 0 Å². The van der Waals surface area contributed by atoms with Crippen LogP contribution in [0.5, 0.6) is 0 Å². The van der Waals surface area contributed by atoms with Crippen LogP contribution >= 0.6 is 11.3 Å². The Balaban J connectivity index is 0.830. The van der Waals surface area contributed by atoms with Gasteiger partial charge in [-0.05, 0) is 119 Å². The number of furan rings is 3. The molecular formula is C69H38N4O3S. The predicted octanol–water partition coefficient (Wildman–Crippen LogP) is 19.4. The van der Waals surface area contributed by atoms with Crippen LogP contribution in [0.15, 0.2) is 244 Å². The maximum atomic E-state index is 6.69. The lowest BCUT2D eigenvalue weighted by Gasteiger charge is -2.10. The second kappa shape index (κ2) is 16.2. The molecule has 17 rings (SSSR count). The van der Waals surface area contributed by atoms with Crippen molar-refractivity contribution in [2.45, 2.75) is 0 Å². The van der Waals surface area contributed by atoms with E-state index in [0.717, 1.165) is 115 Å². The number of para-hydroxylation sites is 3. The first-order valence-corrected chi connectivity index (χ1v) is 26.5. The lowest BCUT2D eigenvalue weighted by molar-refractivity contribution is 0.668. The van der Waals surface area contributed by atoms with Crippen LogP contribution in [-0.4, -0.2) is 19.5 Å². The van der Waals surface area contributed by atoms with E-state index in [0.29, 0.717) is 17.5 Å². The van der Waals surface area contributed by atoms with Crippen molar-refractivity contribution in [2.24, 2.45) is 0 Å². The molecule has 6 heterocycles. The Morgan fingerprint density at radius 1 is 0.299 bits per heavy atom. The fourth-order valence-electron chi connectivity index (χ4n) is 12.0. The lowest BCUT2D eigenvalue weighted by atomic mass is 9.95. The van der Waals surface area contributed by atoms with Gasteiger partial charge in [0.2, 0.25) is 0 Å². The Kier molecular flexibility index (Phi) is 8.87. The van der Waals surface area contributed by atoms with Gasteiger partial charge in [-0.2, -0.15) is 0 Å². The molecule has 0 atom stereocenters. The number of fused-ring (bicyclic) bond motifs is 15. The van der Waals surface area contributed by atoms with Gasteiger partial charge < -0.3 is 17.8 Å². The minimum atomic E-state index is 0.546. The van der Waals surface area contributed by atoms with Gasteiger partial charge in [0, 0.05) is 85.6 Å². The highest BCUT2D eigenvalue weighted by Gasteiger charge is 2.23. The molecule has 0 N–H and O–H groups in total. The van der Waals surface area contributed by atoms with Crippen molar-refractivity contribution in [1.82, 2.24) is 19.5 Å². The van der Waals surface area contributed by atoms with Gasteiger partial charge in [-0.3, -0.25) is 0 Å². The van der Waals surface area contributed by atoms with Gasteiger partial charge in [-0.1, -0.05) is 133 Å². The smallest absolute Gasteiger partial charge is 0.165 e. The molecule has 7 nitrogen and oxygen atoms in total. The van der Waals surface area contributed by atoms with E-state index in [1.165, 1.54) is 37.3 Å². The Bertz CT molecular complexity index is 5310. The van der Waals surface area contributed by atoms with Crippen LogP contribution in [0.3, 0.4) is 0 Å². The van der Waals surface area contributed by atoms with E-state index in [9.17, 15) is 0 Å². The molecule has 0 fully saturated rings. The summed E-state index contributed by atoms with van der Waals surface area (Å²) in [4.78, 5) is 16.0. The second-order valence-corrected chi connectivity index (χ2v) is 20.9. The number of benzene rings is 11. The van der Waals surface area contributed by atoms with Gasteiger partial charge >= 0.3 is 0 Å². The van der Waals surface area contributed by atoms with Crippen LogP contribution in [0.4, 0.5) is 0 Å². The zero-order chi connectivity index (χ0) is 50.3. The van der Waals surface area contributed by atoms with Gasteiger partial charge in [-0.25, -0.2) is 15.0 Å². The third-order valence-corrected chi connectivity index (χ3v) is 16.7. The molecule has 0 bridgehead atoms. The summed E-state index contributed by atoms with van der Waals surface area (Å²) in [5.41, 5.74) is 15.3. The first-order valence-electron chi connectivity index (χ1n) is 25.7. The van der Waals surface area contributed by atoms with Gasteiger partial charge in [-0.15, -0.1) is 11.3 Å². The summed E-state index contributed by atoms with van der Waals surface area (Å²) in [6.45, 7) is 0. The molecule has 6 aromatic heterocycles. The summed E-state index contributed by atoms with van der Waals surface area (Å²) >= 11 is 1.76. The number of nitrogens with zero attached hydrogens (tertiary/aromatic N) is 4. The minimum absolute atomic E-state index is 0.546. The van der Waals surface area contributed by atoms with Gasteiger partial charge in [0.25, 0.3) is 0 Å². The second-order valence-electron chi connectivity index (χ2n) is 19.8. The summed E-state index contributed by atoms with van der Waals surface area (Å²) < 4.78 is 24.4. The highest BCUT2D eigenvalue weighted by atomic mass is 32.1. The van der Waals surface area contributed by atoms with Crippen molar-refractivity contribution in [3.63, 3.8) is 0 Å². The number of hydrogen-bond acceptors (Lipinski definition) is 7. The first-order chi connectivity index (χ1) is 38.1. The van der Waals surface area contributed by atoms with Crippen LogP contribution in [0.25, 0.3) is 170 Å². The zero-order valence-electron chi connectivity index (χ0n) is 40.9. The van der Waals surface area contributed by atoms with Crippen molar-refractivity contribution >= 4 is 119 Å². The van der Waals surface area contributed by atoms with E-state index in [-0.39, 0.29) is 0 Å². The molecule has 358 valence electrons. The first kappa shape index (κ1) is 42.2. The molecule has 0 saturated carbocycles. The molecule has 0 saturated heterocycles. The number of aromatic nitrogens is 4. The number of thiophene rings is 1. The topological polar surface area (TPSA) is 83.0 Å². The van der Waals surface area contributed by atoms with Crippen LogP contribution < -0.4 is 0 Å². The molecule has 0 aliphatic rings. The maximum Gasteiger partial charge on any atom is 0.165 e. The van der Waals surface area contributed by atoms with E-state index in [1.54, 1.807) is 11.3 Å². The van der Waals surface area contributed by atoms with Crippen molar-refractivity contribution in [1.29, 1.82) is 0 Å². The Morgan fingerprint density at radius 3 is 1.66 bits per heavy atom. The van der Waals surface area contributed by atoms with Crippen molar-refractivity contribution in [3.05, 3.63) is 231 Å². The van der Waals surface area contributed by atoms with E-state index in [1.807, 2.05) is 36.4 Å². The summed E-state index contributed by atoms with van der Waals surface area (Å²) in [5, 5.41) is 10.9. The quantitative estimate of drug-likeness (QED) is 0.165. The fraction of sp³-hybridized carbons (Fsp3) is 0. The summed E-state index contributed by atoms with van der Waals surface area (Å²) in [7, 11) is 0. The van der Waals surface area contributed by atoms with E-state index < -0.39 is 0 Å². The molecule has 0 radical (unpaired) electrons. The summed E-state index contributed by atoms with van der Waals surface area (Å²) in [6, 6.07) is 80.9. The Morgan fingerprint density at radius 2 is 0.831 bits per heavy atom. The normalized spacial score (nSPS) is 12.2. The molecule has 0 amide bonds. The van der Waals surface area contributed by atoms with Gasteiger partial charge in [0.15, 0.2) is 17.5 Å². The molecule has 77 heavy (non-hydrogen) atoms. The van der Waals surface area contributed by atoms with Gasteiger partial charge in [0.05, 0.1) is 11.0 Å². The Labute approximate surface area is 442 Å². The molecule has 0 aliphatic carbocycles. The minimum Gasteiger partial charge on any atom is -0.456 e. The predicted molar refractivity (Wildman–Crippen MR) is 316 cm³/mol. The van der Waals surface area contributed by atoms with Crippen molar-refractivity contribution < 1.29 is 13.3 Å². The average Bonchev–Trinajstić information content (AvgIpc) is 4.38. The molecule has 17 aromatic rings. The monoisotopic (exact) mass is 1000 g/mol. The zero-order valence-corrected chi connectivity index (χ0v) is 41.7. The maximum absolute atomic E-state index is 6.69. The van der Waals surface area contributed by atoms with Gasteiger partial charge in [0.1, 0.15) is 33.5 Å². The van der Waals surface area contributed by atoms with Crippen molar-refractivity contribution in [2.75, 3.05) is 0 Å². The standard InChI is InChI=1S/C69H38N4O3S/c1-2-13-43(14-3-1)73-55-22-7-4-15-45(55)52-35-39(28-32-56(52)73)40-29-33-58-53(36-40)64-44(18-11-24-60(64)74-58)41-30-34-59-54(37-41)65-50(20-12-25-61(65)75-59)68-70-67(42-27-31-47-46-16-5-8-23-57(46)76-62(47)38-42)71-69(72-68)51-21-10-19-49-48-17-6-9-26-63(48)77-66(49)51/h1-38H. The summed E-state index contributed by atoms with van der Waals surface area (Å²) in [6.07, 6.45) is 0. The molecular weight excluding hydrogens is 965 g/mol. The molecule has 0 aliphatic heterocycles. The molecule has 8 heteroatoms. The third-order valence-electron chi connectivity index (χ3n) is 15.5. The summed E-state index contributed by atoms with van der Waals surface area (Å²) in [5.74, 6) is 1.69. The van der Waals surface area contributed by atoms with Crippen LogP contribution in [-0.2, 0) is 0 Å². The SMILES string of the molecule is c1ccc(-n2c3ccccc3c3cc(-c4ccc5oc6cccc(-c7ccc8oc9cccc(-c%10nc(-c%11ccc%12c(c%11)oc%11ccccc%11%12)nc(-c%11cccc%12c%11sc%11ccccc%11%12)n%10)c9c8c7)c6c5c4)ccc32)cc1. The van der Waals surface area contributed by atoms with Crippen LogP contribution in [0, 0.1) is 0 Å². The molecule has 0 unspecified atom stereocenters. The van der Waals surface area contributed by atoms with E-state index in [4.69, 9.17) is 28.2 Å².